The first-order valence-electron chi connectivity index (χ1n) is 8.45. The first-order valence-corrected chi connectivity index (χ1v) is 8.83. The van der Waals surface area contributed by atoms with Crippen LogP contribution in [-0.4, -0.2) is 25.5 Å². The zero-order chi connectivity index (χ0) is 18.7. The van der Waals surface area contributed by atoms with Gasteiger partial charge >= 0.3 is 0 Å². The van der Waals surface area contributed by atoms with E-state index in [4.69, 9.17) is 16.3 Å². The number of anilines is 1. The number of hydrogen-bond donors (Lipinski definition) is 1. The zero-order valence-electron chi connectivity index (χ0n) is 14.8. The van der Waals surface area contributed by atoms with Crippen molar-refractivity contribution < 1.29 is 14.3 Å². The van der Waals surface area contributed by atoms with Crippen molar-refractivity contribution in [2.24, 2.45) is 5.92 Å². The van der Waals surface area contributed by atoms with E-state index in [1.54, 1.807) is 24.1 Å². The third-order valence-electron chi connectivity index (χ3n) is 4.58. The summed E-state index contributed by atoms with van der Waals surface area (Å²) in [5.74, 6) is 0.240. The molecule has 2 amide bonds. The first-order chi connectivity index (χ1) is 12.5. The minimum Gasteiger partial charge on any atom is -0.497 e. The van der Waals surface area contributed by atoms with Gasteiger partial charge in [0.1, 0.15) is 5.75 Å². The molecule has 0 spiro atoms. The molecule has 1 saturated heterocycles. The van der Waals surface area contributed by atoms with Crippen LogP contribution in [0.25, 0.3) is 0 Å². The Morgan fingerprint density at radius 1 is 1.27 bits per heavy atom. The van der Waals surface area contributed by atoms with Gasteiger partial charge < -0.3 is 15.0 Å². The molecule has 1 aliphatic rings. The van der Waals surface area contributed by atoms with Gasteiger partial charge in [0, 0.05) is 30.2 Å². The van der Waals surface area contributed by atoms with Gasteiger partial charge in [-0.15, -0.1) is 0 Å². The molecule has 0 aromatic heterocycles. The third-order valence-corrected chi connectivity index (χ3v) is 4.82. The summed E-state index contributed by atoms with van der Waals surface area (Å²) in [6, 6.07) is 12.9. The maximum atomic E-state index is 12.5. The number of aryl methyl sites for hydroxylation is 1. The highest BCUT2D eigenvalue weighted by molar-refractivity contribution is 6.31. The van der Waals surface area contributed by atoms with Crippen LogP contribution in [0.1, 0.15) is 17.5 Å². The maximum Gasteiger partial charge on any atom is 0.227 e. The van der Waals surface area contributed by atoms with E-state index in [0.29, 0.717) is 18.1 Å². The fourth-order valence-corrected chi connectivity index (χ4v) is 3.23. The van der Waals surface area contributed by atoms with Gasteiger partial charge in [0.15, 0.2) is 0 Å². The average molecular weight is 373 g/mol. The van der Waals surface area contributed by atoms with Gasteiger partial charge in [-0.3, -0.25) is 9.59 Å². The second-order valence-corrected chi connectivity index (χ2v) is 6.84. The highest BCUT2D eigenvalue weighted by Crippen LogP contribution is 2.30. The molecule has 3 rings (SSSR count). The summed E-state index contributed by atoms with van der Waals surface area (Å²) in [7, 11) is 1.61. The van der Waals surface area contributed by atoms with Crippen molar-refractivity contribution in [2.75, 3.05) is 18.6 Å². The average Bonchev–Trinajstić information content (AvgIpc) is 3.03. The van der Waals surface area contributed by atoms with Crippen LogP contribution in [0.15, 0.2) is 42.5 Å². The summed E-state index contributed by atoms with van der Waals surface area (Å²) in [5, 5.41) is 3.49. The SMILES string of the molecule is COc1ccc(CNC(=O)C2CC(=O)N(c3cc(Cl)ccc3C)C2)cc1. The lowest BCUT2D eigenvalue weighted by atomic mass is 10.1. The minimum absolute atomic E-state index is 0.0556. The van der Waals surface area contributed by atoms with Crippen LogP contribution in [-0.2, 0) is 16.1 Å². The predicted molar refractivity (Wildman–Crippen MR) is 101 cm³/mol. The molecule has 136 valence electrons. The van der Waals surface area contributed by atoms with Crippen molar-refractivity contribution in [3.8, 4) is 5.75 Å². The molecule has 0 radical (unpaired) electrons. The van der Waals surface area contributed by atoms with Crippen LogP contribution >= 0.6 is 11.6 Å². The smallest absolute Gasteiger partial charge is 0.227 e. The molecule has 2 aromatic rings. The second kappa shape index (κ2) is 7.79. The monoisotopic (exact) mass is 372 g/mol. The van der Waals surface area contributed by atoms with Gasteiger partial charge in [-0.1, -0.05) is 29.8 Å². The van der Waals surface area contributed by atoms with E-state index < -0.39 is 0 Å². The molecule has 2 aromatic carbocycles. The molecule has 6 heteroatoms. The Bertz CT molecular complexity index is 820. The number of nitrogens with zero attached hydrogens (tertiary/aromatic N) is 1. The molecule has 5 nitrogen and oxygen atoms in total. The highest BCUT2D eigenvalue weighted by atomic mass is 35.5. The largest absolute Gasteiger partial charge is 0.497 e. The van der Waals surface area contributed by atoms with Crippen molar-refractivity contribution in [1.29, 1.82) is 0 Å². The summed E-state index contributed by atoms with van der Waals surface area (Å²) in [6.45, 7) is 2.72. The maximum absolute atomic E-state index is 12.5. The van der Waals surface area contributed by atoms with Gasteiger partial charge in [-0.2, -0.15) is 0 Å². The Labute approximate surface area is 157 Å². The predicted octanol–water partition coefficient (Wildman–Crippen LogP) is 3.33. The Morgan fingerprint density at radius 3 is 2.69 bits per heavy atom. The third kappa shape index (κ3) is 3.99. The van der Waals surface area contributed by atoms with Gasteiger partial charge in [-0.05, 0) is 42.3 Å². The normalized spacial score (nSPS) is 16.7. The standard InChI is InChI=1S/C20H21ClN2O3/c1-13-3-6-16(21)10-18(13)23-12-15(9-19(23)24)20(25)22-11-14-4-7-17(26-2)8-5-14/h3-8,10,15H,9,11-12H2,1-2H3,(H,22,25). The Balaban J connectivity index is 1.62. The van der Waals surface area contributed by atoms with Gasteiger partial charge in [0.25, 0.3) is 0 Å². The van der Waals surface area contributed by atoms with Gasteiger partial charge in [0.2, 0.25) is 11.8 Å². The number of methoxy groups -OCH3 is 1. The molecule has 1 heterocycles. The molecule has 1 fully saturated rings. The lowest BCUT2D eigenvalue weighted by molar-refractivity contribution is -0.126. The fourth-order valence-electron chi connectivity index (χ4n) is 3.07. The van der Waals surface area contributed by atoms with Crippen molar-refractivity contribution in [3.63, 3.8) is 0 Å². The number of rotatable bonds is 5. The van der Waals surface area contributed by atoms with Crippen LogP contribution in [0.5, 0.6) is 5.75 Å². The van der Waals surface area contributed by atoms with Crippen molar-refractivity contribution in [1.82, 2.24) is 5.32 Å². The minimum atomic E-state index is -0.362. The first kappa shape index (κ1) is 18.3. The zero-order valence-corrected chi connectivity index (χ0v) is 15.5. The number of ether oxygens (including phenoxy) is 1. The topological polar surface area (TPSA) is 58.6 Å². The number of amides is 2. The molecule has 1 atom stereocenters. The van der Waals surface area contributed by atoms with Crippen LogP contribution in [0.4, 0.5) is 5.69 Å². The summed E-state index contributed by atoms with van der Waals surface area (Å²) in [6.07, 6.45) is 0.209. The lowest BCUT2D eigenvalue weighted by Crippen LogP contribution is -2.32. The second-order valence-electron chi connectivity index (χ2n) is 6.40. The molecular formula is C20H21ClN2O3. The summed E-state index contributed by atoms with van der Waals surface area (Å²) in [4.78, 5) is 26.5. The van der Waals surface area contributed by atoms with E-state index in [1.165, 1.54) is 0 Å². The van der Waals surface area contributed by atoms with E-state index in [2.05, 4.69) is 5.32 Å². The Hall–Kier alpha value is -2.53. The van der Waals surface area contributed by atoms with Crippen LogP contribution in [0.2, 0.25) is 5.02 Å². The molecule has 1 N–H and O–H groups in total. The van der Waals surface area contributed by atoms with Crippen LogP contribution in [0, 0.1) is 12.8 Å². The van der Waals surface area contributed by atoms with Crippen molar-refractivity contribution in [2.45, 2.75) is 19.9 Å². The molecule has 1 unspecified atom stereocenters. The molecular weight excluding hydrogens is 352 g/mol. The number of nitrogens with one attached hydrogen (secondary N) is 1. The van der Waals surface area contributed by atoms with Gasteiger partial charge in [0.05, 0.1) is 13.0 Å². The summed E-state index contributed by atoms with van der Waals surface area (Å²) >= 11 is 6.05. The number of carbonyl (C=O) groups is 2. The number of carbonyl (C=O) groups excluding carboxylic acids is 2. The van der Waals surface area contributed by atoms with Crippen molar-refractivity contribution >= 4 is 29.1 Å². The van der Waals surface area contributed by atoms with E-state index in [0.717, 1.165) is 22.6 Å². The number of benzene rings is 2. The fraction of sp³-hybridized carbons (Fsp3) is 0.300. The summed E-state index contributed by atoms with van der Waals surface area (Å²) in [5.41, 5.74) is 2.71. The van der Waals surface area contributed by atoms with Gasteiger partial charge in [-0.25, -0.2) is 0 Å². The molecule has 1 aliphatic heterocycles. The number of hydrogen-bond acceptors (Lipinski definition) is 3. The van der Waals surface area contributed by atoms with Crippen molar-refractivity contribution in [3.05, 3.63) is 58.6 Å². The highest BCUT2D eigenvalue weighted by Gasteiger charge is 2.35. The Kier molecular flexibility index (Phi) is 5.47. The van der Waals surface area contributed by atoms with E-state index in [9.17, 15) is 9.59 Å². The summed E-state index contributed by atoms with van der Waals surface area (Å²) < 4.78 is 5.12. The van der Waals surface area contributed by atoms with E-state index in [1.807, 2.05) is 37.3 Å². The molecule has 0 aliphatic carbocycles. The molecule has 26 heavy (non-hydrogen) atoms. The number of halogens is 1. The molecule has 0 bridgehead atoms. The molecule has 0 saturated carbocycles. The van der Waals surface area contributed by atoms with Crippen LogP contribution in [0.3, 0.4) is 0 Å². The quantitative estimate of drug-likeness (QED) is 0.875. The van der Waals surface area contributed by atoms with E-state index >= 15 is 0 Å². The lowest BCUT2D eigenvalue weighted by Gasteiger charge is -2.19. The Morgan fingerprint density at radius 2 is 2.00 bits per heavy atom. The van der Waals surface area contributed by atoms with E-state index in [-0.39, 0.29) is 24.2 Å². The van der Waals surface area contributed by atoms with Crippen LogP contribution < -0.4 is 15.0 Å².